The third kappa shape index (κ3) is 3.49. The Kier molecular flexibility index (Phi) is 4.83. The first kappa shape index (κ1) is 19.1. The van der Waals surface area contributed by atoms with Crippen molar-refractivity contribution in [3.05, 3.63) is 48.2 Å². The highest BCUT2D eigenvalue weighted by molar-refractivity contribution is 7.90. The predicted molar refractivity (Wildman–Crippen MR) is 104 cm³/mol. The number of carbonyl (C=O) groups is 1. The number of carboxylic acid groups (broad SMARTS) is 1. The average molecular weight is 417 g/mol. The molecule has 2 aromatic carbocycles. The van der Waals surface area contributed by atoms with E-state index in [1.54, 1.807) is 24.3 Å². The van der Waals surface area contributed by atoms with Gasteiger partial charge in [0.25, 0.3) is 10.0 Å². The Morgan fingerprint density at radius 1 is 1.14 bits per heavy atom. The molecule has 152 valence electrons. The first-order chi connectivity index (χ1) is 13.9. The number of aliphatic carboxylic acids is 1. The lowest BCUT2D eigenvalue weighted by molar-refractivity contribution is -0.136. The number of methoxy groups -OCH3 is 1. The third-order valence-electron chi connectivity index (χ3n) is 4.74. The van der Waals surface area contributed by atoms with Crippen molar-refractivity contribution in [2.45, 2.75) is 17.7 Å². The van der Waals surface area contributed by atoms with E-state index in [2.05, 4.69) is 0 Å². The average Bonchev–Trinajstić information content (AvgIpc) is 3.10. The van der Waals surface area contributed by atoms with E-state index >= 15 is 0 Å². The Labute approximate surface area is 167 Å². The molecule has 0 amide bonds. The van der Waals surface area contributed by atoms with Gasteiger partial charge in [-0.05, 0) is 42.3 Å². The predicted octanol–water partition coefficient (Wildman–Crippen LogP) is 2.68. The van der Waals surface area contributed by atoms with Crippen LogP contribution in [0.25, 0.3) is 10.9 Å². The van der Waals surface area contributed by atoms with Gasteiger partial charge in [0.1, 0.15) is 19.0 Å². The molecule has 0 saturated heterocycles. The Morgan fingerprint density at radius 2 is 1.90 bits per heavy atom. The van der Waals surface area contributed by atoms with Gasteiger partial charge in [0.2, 0.25) is 0 Å². The number of ether oxygens (including phenoxy) is 3. The molecule has 0 unspecified atom stereocenters. The van der Waals surface area contributed by atoms with Crippen molar-refractivity contribution in [3.8, 4) is 17.2 Å². The van der Waals surface area contributed by atoms with Gasteiger partial charge in [-0.25, -0.2) is 12.4 Å². The lowest BCUT2D eigenvalue weighted by Gasteiger charge is -2.19. The molecule has 1 N–H and O–H groups in total. The molecular formula is C20H19NO7S. The number of hydrogen-bond donors (Lipinski definition) is 1. The number of hydrogen-bond acceptors (Lipinski definition) is 6. The van der Waals surface area contributed by atoms with Crippen LogP contribution in [0.3, 0.4) is 0 Å². The number of nitrogens with zero attached hydrogens (tertiary/aromatic N) is 1. The van der Waals surface area contributed by atoms with Crippen LogP contribution in [0.4, 0.5) is 0 Å². The van der Waals surface area contributed by atoms with Gasteiger partial charge < -0.3 is 19.3 Å². The van der Waals surface area contributed by atoms with E-state index in [0.717, 1.165) is 0 Å². The van der Waals surface area contributed by atoms with E-state index in [-0.39, 0.29) is 17.7 Å². The molecule has 9 heteroatoms. The molecule has 0 saturated carbocycles. The van der Waals surface area contributed by atoms with Crippen molar-refractivity contribution in [1.29, 1.82) is 0 Å². The van der Waals surface area contributed by atoms with Crippen LogP contribution in [-0.2, 0) is 21.2 Å². The summed E-state index contributed by atoms with van der Waals surface area (Å²) in [6.45, 7) is 0.762. The standard InChI is InChI=1S/C20H19NO7S/c1-26-14-3-5-17-16(10-14)13(2-7-20(22)23)12-21(17)29(24,25)15-4-6-18-19(11-15)28-9-8-27-18/h3-6,10-12H,2,7-9H2,1H3,(H,22,23). The maximum absolute atomic E-state index is 13.4. The maximum Gasteiger partial charge on any atom is 0.303 e. The molecule has 0 spiro atoms. The number of carboxylic acids is 1. The molecule has 4 rings (SSSR count). The smallest absolute Gasteiger partial charge is 0.303 e. The largest absolute Gasteiger partial charge is 0.497 e. The second-order valence-corrected chi connectivity index (χ2v) is 8.35. The van der Waals surface area contributed by atoms with Gasteiger partial charge in [-0.3, -0.25) is 4.79 Å². The minimum absolute atomic E-state index is 0.0549. The molecule has 29 heavy (non-hydrogen) atoms. The Bertz CT molecular complexity index is 1200. The Morgan fingerprint density at radius 3 is 2.62 bits per heavy atom. The highest BCUT2D eigenvalue weighted by Gasteiger charge is 2.24. The van der Waals surface area contributed by atoms with E-state index in [0.29, 0.717) is 46.9 Å². The summed E-state index contributed by atoms with van der Waals surface area (Å²) in [5.74, 6) is 0.480. The molecule has 1 aliphatic rings. The van der Waals surface area contributed by atoms with Gasteiger partial charge >= 0.3 is 5.97 Å². The Balaban J connectivity index is 1.84. The first-order valence-corrected chi connectivity index (χ1v) is 10.4. The second kappa shape index (κ2) is 7.32. The fourth-order valence-electron chi connectivity index (χ4n) is 3.31. The minimum Gasteiger partial charge on any atom is -0.497 e. The molecule has 0 atom stereocenters. The molecule has 8 nitrogen and oxygen atoms in total. The van der Waals surface area contributed by atoms with Gasteiger partial charge in [-0.15, -0.1) is 0 Å². The summed E-state index contributed by atoms with van der Waals surface area (Å²) < 4.78 is 44.1. The molecule has 0 bridgehead atoms. The van der Waals surface area contributed by atoms with Crippen LogP contribution in [0.2, 0.25) is 0 Å². The molecule has 0 radical (unpaired) electrons. The zero-order valence-corrected chi connectivity index (χ0v) is 16.4. The Hall–Kier alpha value is -3.20. The zero-order chi connectivity index (χ0) is 20.6. The van der Waals surface area contributed by atoms with Gasteiger partial charge in [-0.1, -0.05) is 0 Å². The van der Waals surface area contributed by atoms with Crippen LogP contribution in [0.5, 0.6) is 17.2 Å². The number of rotatable bonds is 6. The van der Waals surface area contributed by atoms with Crippen molar-refractivity contribution in [2.24, 2.45) is 0 Å². The summed E-state index contributed by atoms with van der Waals surface area (Å²) >= 11 is 0. The van der Waals surface area contributed by atoms with Gasteiger partial charge in [0.15, 0.2) is 11.5 Å². The van der Waals surface area contributed by atoms with Crippen molar-refractivity contribution in [2.75, 3.05) is 20.3 Å². The normalized spacial score (nSPS) is 13.4. The number of aryl methyl sites for hydroxylation is 1. The summed E-state index contributed by atoms with van der Waals surface area (Å²) in [5.41, 5.74) is 1.06. The molecule has 0 aliphatic carbocycles. The van der Waals surface area contributed by atoms with E-state index in [9.17, 15) is 13.2 Å². The first-order valence-electron chi connectivity index (χ1n) is 8.95. The molecule has 1 aliphatic heterocycles. The van der Waals surface area contributed by atoms with Crippen molar-refractivity contribution >= 4 is 26.9 Å². The SMILES string of the molecule is COc1ccc2c(c1)c(CCC(=O)O)cn2S(=O)(=O)c1ccc2c(c1)OCCO2. The molecular weight excluding hydrogens is 398 g/mol. The molecule has 3 aromatic rings. The summed E-state index contributed by atoms with van der Waals surface area (Å²) in [6, 6.07) is 9.50. The quantitative estimate of drug-likeness (QED) is 0.657. The molecule has 2 heterocycles. The van der Waals surface area contributed by atoms with Crippen LogP contribution in [0.1, 0.15) is 12.0 Å². The fraction of sp³-hybridized carbons (Fsp3) is 0.250. The highest BCUT2D eigenvalue weighted by Crippen LogP contribution is 2.35. The summed E-state index contributed by atoms with van der Waals surface area (Å²) in [4.78, 5) is 11.1. The van der Waals surface area contributed by atoms with Crippen molar-refractivity contribution in [3.63, 3.8) is 0 Å². The zero-order valence-electron chi connectivity index (χ0n) is 15.6. The number of aromatic nitrogens is 1. The van der Waals surface area contributed by atoms with Crippen LogP contribution in [0.15, 0.2) is 47.5 Å². The van der Waals surface area contributed by atoms with Gasteiger partial charge in [-0.2, -0.15) is 0 Å². The number of benzene rings is 2. The van der Waals surface area contributed by atoms with Gasteiger partial charge in [0, 0.05) is 24.1 Å². The monoisotopic (exact) mass is 417 g/mol. The molecule has 1 aromatic heterocycles. The maximum atomic E-state index is 13.4. The topological polar surface area (TPSA) is 104 Å². The van der Waals surface area contributed by atoms with Crippen LogP contribution < -0.4 is 14.2 Å². The summed E-state index contributed by atoms with van der Waals surface area (Å²) in [5, 5.41) is 9.66. The van der Waals surface area contributed by atoms with E-state index in [1.807, 2.05) is 0 Å². The third-order valence-corrected chi connectivity index (χ3v) is 6.41. The lowest BCUT2D eigenvalue weighted by Crippen LogP contribution is -2.17. The second-order valence-electron chi connectivity index (χ2n) is 6.54. The highest BCUT2D eigenvalue weighted by atomic mass is 32.2. The number of fused-ring (bicyclic) bond motifs is 2. The van der Waals surface area contributed by atoms with Crippen LogP contribution >= 0.6 is 0 Å². The van der Waals surface area contributed by atoms with E-state index in [1.165, 1.54) is 29.4 Å². The summed E-state index contributed by atoms with van der Waals surface area (Å²) in [6.07, 6.45) is 1.56. The molecule has 0 fully saturated rings. The lowest BCUT2D eigenvalue weighted by atomic mass is 10.1. The van der Waals surface area contributed by atoms with Crippen LogP contribution in [-0.4, -0.2) is 43.8 Å². The van der Waals surface area contributed by atoms with Crippen molar-refractivity contribution < 1.29 is 32.5 Å². The minimum atomic E-state index is -3.94. The van der Waals surface area contributed by atoms with Gasteiger partial charge in [0.05, 0.1) is 17.5 Å². The fourth-order valence-corrected chi connectivity index (χ4v) is 4.72. The van der Waals surface area contributed by atoms with Crippen LogP contribution in [0, 0.1) is 0 Å². The van der Waals surface area contributed by atoms with E-state index < -0.39 is 16.0 Å². The summed E-state index contributed by atoms with van der Waals surface area (Å²) in [7, 11) is -2.43. The van der Waals surface area contributed by atoms with Crippen molar-refractivity contribution in [1.82, 2.24) is 3.97 Å². The van der Waals surface area contributed by atoms with E-state index in [4.69, 9.17) is 19.3 Å².